The molecule has 0 radical (unpaired) electrons. The monoisotopic (exact) mass is 499 g/mol. The number of rotatable bonds is 4. The molecule has 7 heteroatoms. The van der Waals surface area contributed by atoms with E-state index in [2.05, 4.69) is 11.1 Å². The molecule has 0 N–H and O–H groups in total. The molecule has 6 rings (SSSR count). The third kappa shape index (κ3) is 3.91. The van der Waals surface area contributed by atoms with E-state index in [-0.39, 0.29) is 16.5 Å². The minimum absolute atomic E-state index is 0.181. The zero-order valence-electron chi connectivity index (χ0n) is 20.4. The van der Waals surface area contributed by atoms with Gasteiger partial charge in [0.15, 0.2) is 0 Å². The number of hydrogen-bond donors (Lipinski definition) is 0. The van der Waals surface area contributed by atoms with Crippen LogP contribution in [0.1, 0.15) is 64.3 Å². The molecule has 0 unspecified atom stereocenters. The van der Waals surface area contributed by atoms with Gasteiger partial charge in [-0.3, -0.25) is 9.78 Å². The predicted octanol–water partition coefficient (Wildman–Crippen LogP) is 5.44. The van der Waals surface area contributed by atoms with Crippen LogP contribution < -0.4 is 0 Å². The average Bonchev–Trinajstić information content (AvgIpc) is 3.09. The quantitative estimate of drug-likeness (QED) is 0.375. The van der Waals surface area contributed by atoms with Crippen LogP contribution in [0.3, 0.4) is 0 Å². The highest BCUT2D eigenvalue weighted by molar-refractivity contribution is 7.90. The number of amides is 1. The van der Waals surface area contributed by atoms with Crippen molar-refractivity contribution in [3.8, 4) is 0 Å². The van der Waals surface area contributed by atoms with Crippen molar-refractivity contribution in [2.24, 2.45) is 0 Å². The van der Waals surface area contributed by atoms with E-state index in [4.69, 9.17) is 0 Å². The maximum absolute atomic E-state index is 14.0. The Bertz CT molecular complexity index is 1570. The van der Waals surface area contributed by atoms with Crippen LogP contribution in [0.2, 0.25) is 0 Å². The molecule has 3 heterocycles. The molecule has 1 saturated carbocycles. The van der Waals surface area contributed by atoms with E-state index in [0.717, 1.165) is 53.3 Å². The summed E-state index contributed by atoms with van der Waals surface area (Å²) >= 11 is 0. The summed E-state index contributed by atoms with van der Waals surface area (Å²) in [4.78, 5) is 20.2. The SMILES string of the molecule is Cc1ccc(S(=O)(=O)n2c(C(=O)N3CCCc4cnccc4C3)cc3ccc(C4CCC4)cc32)cc1. The van der Waals surface area contributed by atoms with Crippen molar-refractivity contribution < 1.29 is 13.2 Å². The Morgan fingerprint density at radius 2 is 1.78 bits per heavy atom. The Hall–Kier alpha value is -3.45. The number of fused-ring (bicyclic) bond motifs is 2. The number of hydrogen-bond acceptors (Lipinski definition) is 4. The summed E-state index contributed by atoms with van der Waals surface area (Å²) < 4.78 is 29.4. The Balaban J connectivity index is 1.50. The molecule has 1 aliphatic heterocycles. The van der Waals surface area contributed by atoms with Gasteiger partial charge in [-0.1, -0.05) is 36.2 Å². The molecule has 0 saturated heterocycles. The number of pyridine rings is 1. The zero-order valence-corrected chi connectivity index (χ0v) is 21.2. The molecule has 2 aliphatic rings. The molecular formula is C29H29N3O3S. The van der Waals surface area contributed by atoms with Gasteiger partial charge < -0.3 is 4.90 Å². The Labute approximate surface area is 211 Å². The molecule has 0 atom stereocenters. The molecule has 2 aromatic heterocycles. The molecule has 36 heavy (non-hydrogen) atoms. The molecular weight excluding hydrogens is 470 g/mol. The third-order valence-corrected chi connectivity index (χ3v) is 9.41. The lowest BCUT2D eigenvalue weighted by Gasteiger charge is -2.26. The van der Waals surface area contributed by atoms with Crippen LogP contribution in [-0.2, 0) is 23.0 Å². The van der Waals surface area contributed by atoms with Crippen LogP contribution in [0.15, 0.2) is 71.9 Å². The smallest absolute Gasteiger partial charge is 0.271 e. The summed E-state index contributed by atoms with van der Waals surface area (Å²) in [7, 11) is -3.99. The topological polar surface area (TPSA) is 72.3 Å². The first-order valence-corrected chi connectivity index (χ1v) is 14.0. The number of benzene rings is 2. The van der Waals surface area contributed by atoms with E-state index in [1.54, 1.807) is 41.4 Å². The second kappa shape index (κ2) is 8.89. The van der Waals surface area contributed by atoms with Gasteiger partial charge in [0.2, 0.25) is 0 Å². The van der Waals surface area contributed by atoms with Gasteiger partial charge in [-0.05, 0) is 85.5 Å². The van der Waals surface area contributed by atoms with Crippen LogP contribution in [0.4, 0.5) is 0 Å². The number of carbonyl (C=O) groups is 1. The summed E-state index contributed by atoms with van der Waals surface area (Å²) in [6.45, 7) is 2.93. The average molecular weight is 500 g/mol. The van der Waals surface area contributed by atoms with Crippen molar-refractivity contribution in [3.05, 3.63) is 94.9 Å². The number of aromatic nitrogens is 2. The Morgan fingerprint density at radius 3 is 2.53 bits per heavy atom. The fourth-order valence-corrected chi connectivity index (χ4v) is 6.83. The van der Waals surface area contributed by atoms with Gasteiger partial charge in [-0.2, -0.15) is 0 Å². The zero-order chi connectivity index (χ0) is 24.9. The van der Waals surface area contributed by atoms with Crippen LogP contribution >= 0.6 is 0 Å². The second-order valence-corrected chi connectivity index (χ2v) is 11.8. The Kier molecular flexibility index (Phi) is 5.67. The lowest BCUT2D eigenvalue weighted by molar-refractivity contribution is 0.0739. The van der Waals surface area contributed by atoms with Crippen LogP contribution in [-0.4, -0.2) is 34.7 Å². The molecule has 1 fully saturated rings. The molecule has 0 bridgehead atoms. The molecule has 6 nitrogen and oxygen atoms in total. The van der Waals surface area contributed by atoms with Crippen molar-refractivity contribution >= 4 is 26.8 Å². The lowest BCUT2D eigenvalue weighted by atomic mass is 9.80. The normalized spacial score (nSPS) is 16.4. The Morgan fingerprint density at radius 1 is 0.972 bits per heavy atom. The van der Waals surface area contributed by atoms with E-state index in [1.165, 1.54) is 10.4 Å². The van der Waals surface area contributed by atoms with Crippen molar-refractivity contribution in [1.29, 1.82) is 0 Å². The van der Waals surface area contributed by atoms with E-state index < -0.39 is 10.0 Å². The fourth-order valence-electron chi connectivity index (χ4n) is 5.33. The highest BCUT2D eigenvalue weighted by Crippen LogP contribution is 2.38. The summed E-state index contributed by atoms with van der Waals surface area (Å²) in [5, 5.41) is 0.761. The van der Waals surface area contributed by atoms with Gasteiger partial charge in [0.1, 0.15) is 5.69 Å². The van der Waals surface area contributed by atoms with Gasteiger partial charge in [-0.15, -0.1) is 0 Å². The first-order chi connectivity index (χ1) is 17.4. The van der Waals surface area contributed by atoms with Crippen LogP contribution in [0.5, 0.6) is 0 Å². The van der Waals surface area contributed by atoms with Crippen LogP contribution in [0.25, 0.3) is 10.9 Å². The molecule has 0 spiro atoms. The highest BCUT2D eigenvalue weighted by atomic mass is 32.2. The minimum Gasteiger partial charge on any atom is -0.333 e. The number of nitrogens with zero attached hydrogens (tertiary/aromatic N) is 3. The first-order valence-electron chi connectivity index (χ1n) is 12.6. The third-order valence-electron chi connectivity index (χ3n) is 7.67. The summed E-state index contributed by atoms with van der Waals surface area (Å²) in [6, 6.07) is 16.5. The van der Waals surface area contributed by atoms with Crippen molar-refractivity contribution in [3.63, 3.8) is 0 Å². The summed E-state index contributed by atoms with van der Waals surface area (Å²) in [6.07, 6.45) is 8.69. The van der Waals surface area contributed by atoms with Gasteiger partial charge in [-0.25, -0.2) is 12.4 Å². The maximum atomic E-state index is 14.0. The standard InChI is InChI=1S/C29H29N3O3S/c1-20-7-11-26(12-8-20)36(34,35)32-27-16-22(21-4-2-5-21)9-10-23(27)17-28(32)29(33)31-15-3-6-24-18-30-14-13-25(24)19-31/h7-14,16-18,21H,2-6,15,19H2,1H3. The van der Waals surface area contributed by atoms with Gasteiger partial charge >= 0.3 is 0 Å². The van der Waals surface area contributed by atoms with Gasteiger partial charge in [0.05, 0.1) is 10.4 Å². The first kappa shape index (κ1) is 23.0. The molecule has 1 aliphatic carbocycles. The van der Waals surface area contributed by atoms with Crippen molar-refractivity contribution in [2.45, 2.75) is 56.4 Å². The van der Waals surface area contributed by atoms with Gasteiger partial charge in [0.25, 0.3) is 15.9 Å². The maximum Gasteiger partial charge on any atom is 0.271 e. The molecule has 184 valence electrons. The minimum atomic E-state index is -3.99. The highest BCUT2D eigenvalue weighted by Gasteiger charge is 2.31. The van der Waals surface area contributed by atoms with Crippen molar-refractivity contribution in [1.82, 2.24) is 13.9 Å². The van der Waals surface area contributed by atoms with Gasteiger partial charge in [0, 0.05) is 30.9 Å². The summed E-state index contributed by atoms with van der Waals surface area (Å²) in [5.74, 6) is 0.187. The molecule has 1 amide bonds. The van der Waals surface area contributed by atoms with Crippen molar-refractivity contribution in [2.75, 3.05) is 6.54 Å². The second-order valence-electron chi connectivity index (χ2n) is 10.0. The van der Waals surface area contributed by atoms with E-state index in [1.807, 2.05) is 31.3 Å². The largest absolute Gasteiger partial charge is 0.333 e. The van der Waals surface area contributed by atoms with E-state index in [9.17, 15) is 13.2 Å². The lowest BCUT2D eigenvalue weighted by Crippen LogP contribution is -2.33. The molecule has 4 aromatic rings. The van der Waals surface area contributed by atoms with E-state index in [0.29, 0.717) is 24.5 Å². The summed E-state index contributed by atoms with van der Waals surface area (Å²) in [5.41, 5.74) is 5.09. The van der Waals surface area contributed by atoms with Crippen LogP contribution in [0, 0.1) is 6.92 Å². The number of aryl methyl sites for hydroxylation is 2. The number of carbonyl (C=O) groups excluding carboxylic acids is 1. The fraction of sp³-hybridized carbons (Fsp3) is 0.310. The van der Waals surface area contributed by atoms with E-state index >= 15 is 0 Å². The predicted molar refractivity (Wildman–Crippen MR) is 140 cm³/mol. The molecule has 2 aromatic carbocycles.